The second-order valence-corrected chi connectivity index (χ2v) is 8.19. The highest BCUT2D eigenvalue weighted by Crippen LogP contribution is 2.23. The Labute approximate surface area is 156 Å². The second-order valence-electron chi connectivity index (χ2n) is 8.19. The standard InChI is InChI=1S/C22H42O3/c1-7-8-9-10-11-12-13-14-15-16-19(4)21(23)25-20(5)22(6,24)17-18(2)3/h12-13,18-20,24H,7-11,14-17H2,1-6H3. The van der Waals surface area contributed by atoms with Gasteiger partial charge in [0.05, 0.1) is 11.5 Å². The minimum Gasteiger partial charge on any atom is -0.459 e. The monoisotopic (exact) mass is 354 g/mol. The van der Waals surface area contributed by atoms with Gasteiger partial charge in [-0.2, -0.15) is 0 Å². The zero-order chi connectivity index (χ0) is 19.3. The van der Waals surface area contributed by atoms with Gasteiger partial charge in [-0.25, -0.2) is 0 Å². The van der Waals surface area contributed by atoms with Crippen LogP contribution in [-0.4, -0.2) is 22.8 Å². The van der Waals surface area contributed by atoms with Crippen molar-refractivity contribution >= 4 is 5.97 Å². The fourth-order valence-electron chi connectivity index (χ4n) is 2.99. The minimum atomic E-state index is -0.968. The van der Waals surface area contributed by atoms with Crippen LogP contribution in [0.15, 0.2) is 12.2 Å². The van der Waals surface area contributed by atoms with E-state index in [0.29, 0.717) is 12.3 Å². The fourth-order valence-corrected chi connectivity index (χ4v) is 2.99. The molecule has 0 aliphatic rings. The van der Waals surface area contributed by atoms with Crippen LogP contribution in [0.4, 0.5) is 0 Å². The van der Waals surface area contributed by atoms with Crippen molar-refractivity contribution in [3.05, 3.63) is 12.2 Å². The van der Waals surface area contributed by atoms with E-state index in [4.69, 9.17) is 4.74 Å². The number of esters is 1. The number of hydrogen-bond acceptors (Lipinski definition) is 3. The first-order chi connectivity index (χ1) is 11.7. The molecular weight excluding hydrogens is 312 g/mol. The molecule has 0 saturated heterocycles. The molecule has 0 spiro atoms. The van der Waals surface area contributed by atoms with Gasteiger partial charge >= 0.3 is 5.97 Å². The zero-order valence-corrected chi connectivity index (χ0v) is 17.5. The SMILES string of the molecule is CCCCCCC=CCCCC(C)C(=O)OC(C)C(C)(O)CC(C)C. The van der Waals surface area contributed by atoms with Crippen LogP contribution in [0.5, 0.6) is 0 Å². The van der Waals surface area contributed by atoms with Crippen molar-refractivity contribution in [3.63, 3.8) is 0 Å². The summed E-state index contributed by atoms with van der Waals surface area (Å²) in [5, 5.41) is 10.4. The van der Waals surface area contributed by atoms with E-state index in [1.807, 2.05) is 6.92 Å². The van der Waals surface area contributed by atoms with Gasteiger partial charge in [0.15, 0.2) is 0 Å². The van der Waals surface area contributed by atoms with Crippen LogP contribution in [-0.2, 0) is 9.53 Å². The largest absolute Gasteiger partial charge is 0.459 e. The zero-order valence-electron chi connectivity index (χ0n) is 17.5. The normalized spacial score (nSPS) is 16.8. The van der Waals surface area contributed by atoms with Gasteiger partial charge in [-0.1, -0.05) is 59.1 Å². The Hall–Kier alpha value is -0.830. The minimum absolute atomic E-state index is 0.116. The molecule has 0 aromatic heterocycles. The lowest BCUT2D eigenvalue weighted by Crippen LogP contribution is -2.42. The van der Waals surface area contributed by atoms with Crippen LogP contribution < -0.4 is 0 Å². The summed E-state index contributed by atoms with van der Waals surface area (Å²) in [7, 11) is 0. The van der Waals surface area contributed by atoms with Gasteiger partial charge in [0.25, 0.3) is 0 Å². The van der Waals surface area contributed by atoms with E-state index in [1.165, 1.54) is 32.1 Å². The smallest absolute Gasteiger partial charge is 0.309 e. The Morgan fingerprint density at radius 3 is 2.20 bits per heavy atom. The summed E-state index contributed by atoms with van der Waals surface area (Å²) in [5.41, 5.74) is -0.968. The van der Waals surface area contributed by atoms with Gasteiger partial charge in [-0.15, -0.1) is 0 Å². The number of allylic oxidation sites excluding steroid dienone is 2. The number of carbonyl (C=O) groups is 1. The third-order valence-electron chi connectivity index (χ3n) is 4.79. The van der Waals surface area contributed by atoms with Crippen molar-refractivity contribution in [2.45, 2.75) is 111 Å². The summed E-state index contributed by atoms with van der Waals surface area (Å²) >= 11 is 0. The maximum absolute atomic E-state index is 12.2. The maximum Gasteiger partial charge on any atom is 0.309 e. The van der Waals surface area contributed by atoms with Crippen molar-refractivity contribution in [1.29, 1.82) is 0 Å². The van der Waals surface area contributed by atoms with Crippen molar-refractivity contribution in [3.8, 4) is 0 Å². The molecule has 3 heteroatoms. The molecule has 25 heavy (non-hydrogen) atoms. The van der Waals surface area contributed by atoms with Crippen LogP contribution in [0.2, 0.25) is 0 Å². The molecule has 0 amide bonds. The second kappa shape index (κ2) is 13.4. The molecule has 1 N–H and O–H groups in total. The van der Waals surface area contributed by atoms with E-state index in [0.717, 1.165) is 19.3 Å². The van der Waals surface area contributed by atoms with Crippen molar-refractivity contribution in [2.24, 2.45) is 11.8 Å². The van der Waals surface area contributed by atoms with Crippen LogP contribution in [0.3, 0.4) is 0 Å². The lowest BCUT2D eigenvalue weighted by Gasteiger charge is -2.32. The molecule has 0 aromatic rings. The van der Waals surface area contributed by atoms with Crippen molar-refractivity contribution < 1.29 is 14.6 Å². The summed E-state index contributed by atoms with van der Waals surface area (Å²) < 4.78 is 5.50. The van der Waals surface area contributed by atoms with Crippen molar-refractivity contribution in [2.75, 3.05) is 0 Å². The summed E-state index contributed by atoms with van der Waals surface area (Å²) in [4.78, 5) is 12.2. The van der Waals surface area contributed by atoms with Crippen LogP contribution in [0.25, 0.3) is 0 Å². The summed E-state index contributed by atoms with van der Waals surface area (Å²) in [6.07, 6.45) is 13.9. The van der Waals surface area contributed by atoms with Crippen LogP contribution in [0, 0.1) is 11.8 Å². The molecular formula is C22H42O3. The quantitative estimate of drug-likeness (QED) is 0.235. The average molecular weight is 355 g/mol. The predicted molar refractivity (Wildman–Crippen MR) is 107 cm³/mol. The highest BCUT2D eigenvalue weighted by atomic mass is 16.6. The van der Waals surface area contributed by atoms with Crippen LogP contribution >= 0.6 is 0 Å². The Kier molecular flexibility index (Phi) is 12.9. The molecule has 0 radical (unpaired) electrons. The van der Waals surface area contributed by atoms with Gasteiger partial charge in [0.2, 0.25) is 0 Å². The summed E-state index contributed by atoms with van der Waals surface area (Å²) in [6.45, 7) is 11.8. The average Bonchev–Trinajstić information content (AvgIpc) is 2.51. The molecule has 0 rings (SSSR count). The molecule has 0 fully saturated rings. The molecule has 3 unspecified atom stereocenters. The van der Waals surface area contributed by atoms with E-state index in [1.54, 1.807) is 13.8 Å². The Morgan fingerprint density at radius 1 is 1.04 bits per heavy atom. The van der Waals surface area contributed by atoms with Crippen molar-refractivity contribution in [1.82, 2.24) is 0 Å². The van der Waals surface area contributed by atoms with Gasteiger partial charge in [0.1, 0.15) is 6.10 Å². The highest BCUT2D eigenvalue weighted by molar-refractivity contribution is 5.72. The van der Waals surface area contributed by atoms with E-state index in [9.17, 15) is 9.90 Å². The molecule has 3 atom stereocenters. The highest BCUT2D eigenvalue weighted by Gasteiger charge is 2.33. The van der Waals surface area contributed by atoms with Crippen LogP contribution in [0.1, 0.15) is 99.3 Å². The molecule has 0 saturated carbocycles. The molecule has 0 aliphatic heterocycles. The number of hydrogen-bond donors (Lipinski definition) is 1. The topological polar surface area (TPSA) is 46.5 Å². The Morgan fingerprint density at radius 2 is 1.64 bits per heavy atom. The summed E-state index contributed by atoms with van der Waals surface area (Å²) in [6, 6.07) is 0. The fraction of sp³-hybridized carbons (Fsp3) is 0.864. The number of carbonyl (C=O) groups excluding carboxylic acids is 1. The molecule has 0 aromatic carbocycles. The third kappa shape index (κ3) is 12.2. The Bertz CT molecular complexity index is 371. The maximum atomic E-state index is 12.2. The predicted octanol–water partition coefficient (Wildman–Crippen LogP) is 6.05. The number of aliphatic hydroxyl groups is 1. The first-order valence-electron chi connectivity index (χ1n) is 10.3. The molecule has 3 nitrogen and oxygen atoms in total. The molecule has 148 valence electrons. The lowest BCUT2D eigenvalue weighted by molar-refractivity contribution is -0.167. The molecule has 0 bridgehead atoms. The number of ether oxygens (including phenoxy) is 1. The van der Waals surface area contributed by atoms with E-state index >= 15 is 0 Å². The van der Waals surface area contributed by atoms with E-state index < -0.39 is 11.7 Å². The van der Waals surface area contributed by atoms with Gasteiger partial charge < -0.3 is 9.84 Å². The summed E-state index contributed by atoms with van der Waals surface area (Å²) in [5.74, 6) is 0.0534. The lowest BCUT2D eigenvalue weighted by atomic mass is 9.90. The van der Waals surface area contributed by atoms with Gasteiger partial charge in [-0.05, 0) is 58.3 Å². The Balaban J connectivity index is 3.97. The van der Waals surface area contributed by atoms with E-state index in [2.05, 4.69) is 32.9 Å². The third-order valence-corrected chi connectivity index (χ3v) is 4.79. The number of rotatable bonds is 14. The molecule has 0 aliphatic carbocycles. The molecule has 0 heterocycles. The first-order valence-corrected chi connectivity index (χ1v) is 10.3. The first kappa shape index (κ1) is 24.2. The van der Waals surface area contributed by atoms with Gasteiger partial charge in [0, 0.05) is 0 Å². The van der Waals surface area contributed by atoms with Gasteiger partial charge in [-0.3, -0.25) is 4.79 Å². The van der Waals surface area contributed by atoms with E-state index in [-0.39, 0.29) is 11.9 Å². The number of unbranched alkanes of at least 4 members (excludes halogenated alkanes) is 5.